The van der Waals surface area contributed by atoms with E-state index in [1.807, 2.05) is 88.5 Å². The number of rotatable bonds is 12. The van der Waals surface area contributed by atoms with E-state index in [-0.39, 0.29) is 17.5 Å². The van der Waals surface area contributed by atoms with E-state index >= 15 is 0 Å². The normalized spacial score (nSPS) is 27.0. The smallest absolute Gasteiger partial charge is 0.358 e. The summed E-state index contributed by atoms with van der Waals surface area (Å²) in [6.07, 6.45) is 29.0. The number of fused-ring (bicyclic) bond motifs is 5. The summed E-state index contributed by atoms with van der Waals surface area (Å²) in [5.74, 6) is -0.336. The van der Waals surface area contributed by atoms with Gasteiger partial charge in [-0.1, -0.05) is 107 Å². The van der Waals surface area contributed by atoms with Crippen molar-refractivity contribution in [2.75, 3.05) is 20.2 Å². The standard InChI is InChI=1S/C46H64N4O7S2/c1-45(2,37(51)21-13-15-26-47)39-23-10-8-6-7-9-20-34(55-5)29-42-50-36(31-59-42)44(54)57-40(46(3,4)38(52)22-14-16-27-48)24-17-19-33-28-32(33)18-11-12-25-41-49-35(30-58-41)43(53)56-39/h6-13,17-21,25,30-34,37-40,51-52H,14-16,22-24,26-29,47-48H2,1-5H3/b7-6-,10-8-,18-11+,19-17-,20-9+,21-13+,25-12-/t32-,33+,34+,37+,38+,39+,40+/m1/s1. The van der Waals surface area contributed by atoms with Crippen LogP contribution in [0.5, 0.6) is 0 Å². The first kappa shape index (κ1) is 47.9. The molecule has 2 aliphatic rings. The maximum absolute atomic E-state index is 13.5. The number of aliphatic hydroxyl groups is 2. The van der Waals surface area contributed by atoms with Crippen LogP contribution in [0.1, 0.15) is 104 Å². The molecule has 1 fully saturated rings. The van der Waals surface area contributed by atoms with Crippen molar-refractivity contribution in [1.82, 2.24) is 9.97 Å². The van der Waals surface area contributed by atoms with Crippen LogP contribution in [0, 0.1) is 22.7 Å². The number of carbonyl (C=O) groups is 2. The summed E-state index contributed by atoms with van der Waals surface area (Å²) in [4.78, 5) is 36.1. The zero-order chi connectivity index (χ0) is 42.8. The first-order valence-electron chi connectivity index (χ1n) is 20.6. The third-order valence-corrected chi connectivity index (χ3v) is 12.7. The van der Waals surface area contributed by atoms with Crippen LogP contribution in [-0.4, -0.2) is 82.8 Å². The van der Waals surface area contributed by atoms with E-state index < -0.39 is 47.2 Å². The Bertz CT molecular complexity index is 1840. The molecule has 0 radical (unpaired) electrons. The molecule has 0 saturated heterocycles. The van der Waals surface area contributed by atoms with Gasteiger partial charge in [-0.15, -0.1) is 22.7 Å². The summed E-state index contributed by atoms with van der Waals surface area (Å²) in [7, 11) is 1.62. The summed E-state index contributed by atoms with van der Waals surface area (Å²) in [5.41, 5.74) is 10.3. The number of thiazole rings is 2. The molecule has 4 rings (SSSR count). The molecule has 13 heteroatoms. The highest BCUT2D eigenvalue weighted by molar-refractivity contribution is 7.10. The van der Waals surface area contributed by atoms with Crippen LogP contribution >= 0.6 is 22.7 Å². The van der Waals surface area contributed by atoms with Crippen molar-refractivity contribution >= 4 is 40.7 Å². The SMILES string of the molecule is CO[C@H]1/C=C/C=C\C=C/C[C@@H](C(C)(C)[C@@H](O)/C=C/CCN)OC(=O)c2csc(n2)/C=C\C=C\[C@@H]2C[C@@H]2/C=C\C[C@@H](C(C)(C)[C@@H](O)CCCCN)OC(=O)c2csc(n2)C1. The van der Waals surface area contributed by atoms with E-state index in [0.29, 0.717) is 62.0 Å². The number of hydrogen-bond acceptors (Lipinski definition) is 13. The molecular formula is C46H64N4O7S2. The number of ether oxygens (including phenoxy) is 3. The fraction of sp³-hybridized carbons (Fsp3) is 0.522. The van der Waals surface area contributed by atoms with Crippen LogP contribution in [0.15, 0.2) is 89.7 Å². The lowest BCUT2D eigenvalue weighted by Gasteiger charge is -2.37. The molecule has 0 amide bonds. The predicted octanol–water partition coefficient (Wildman–Crippen LogP) is 7.94. The molecule has 11 nitrogen and oxygen atoms in total. The Kier molecular flexibility index (Phi) is 19.3. The molecule has 2 aromatic heterocycles. The quantitative estimate of drug-likeness (QED) is 0.0926. The highest BCUT2D eigenvalue weighted by Crippen LogP contribution is 2.41. The molecule has 59 heavy (non-hydrogen) atoms. The molecule has 4 bridgehead atoms. The monoisotopic (exact) mass is 848 g/mol. The van der Waals surface area contributed by atoms with Gasteiger partial charge >= 0.3 is 11.9 Å². The van der Waals surface area contributed by atoms with Crippen LogP contribution in [-0.2, 0) is 20.6 Å². The van der Waals surface area contributed by atoms with Crippen LogP contribution in [0.2, 0.25) is 0 Å². The molecule has 3 heterocycles. The minimum atomic E-state index is -0.880. The molecule has 0 unspecified atom stereocenters. The number of nitrogens with two attached hydrogens (primary N) is 2. The van der Waals surface area contributed by atoms with Crippen LogP contribution in [0.4, 0.5) is 0 Å². The average molecular weight is 849 g/mol. The Morgan fingerprint density at radius 3 is 2.22 bits per heavy atom. The van der Waals surface area contributed by atoms with E-state index in [1.54, 1.807) is 23.9 Å². The largest absolute Gasteiger partial charge is 0.457 e. The molecular weight excluding hydrogens is 785 g/mol. The van der Waals surface area contributed by atoms with Crippen LogP contribution in [0.25, 0.3) is 6.08 Å². The molecule has 0 aromatic carbocycles. The number of esters is 2. The van der Waals surface area contributed by atoms with Crippen molar-refractivity contribution in [3.63, 3.8) is 0 Å². The van der Waals surface area contributed by atoms with E-state index in [1.165, 1.54) is 22.7 Å². The highest BCUT2D eigenvalue weighted by atomic mass is 32.1. The molecule has 7 atom stereocenters. The van der Waals surface area contributed by atoms with Crippen molar-refractivity contribution in [2.45, 2.75) is 110 Å². The molecule has 0 spiro atoms. The second-order valence-electron chi connectivity index (χ2n) is 16.3. The van der Waals surface area contributed by atoms with Gasteiger partial charge in [0.2, 0.25) is 0 Å². The third kappa shape index (κ3) is 15.0. The fourth-order valence-corrected chi connectivity index (χ4v) is 8.07. The number of hydrogen-bond donors (Lipinski definition) is 4. The average Bonchev–Trinajstić information content (AvgIpc) is 3.52. The van der Waals surface area contributed by atoms with Crippen molar-refractivity contribution in [3.8, 4) is 0 Å². The van der Waals surface area contributed by atoms with Gasteiger partial charge in [0.15, 0.2) is 11.4 Å². The zero-order valence-corrected chi connectivity index (χ0v) is 36.8. The fourth-order valence-electron chi connectivity index (χ4n) is 6.57. The second kappa shape index (κ2) is 23.8. The van der Waals surface area contributed by atoms with E-state index in [9.17, 15) is 19.8 Å². The van der Waals surface area contributed by atoms with Gasteiger partial charge in [0.1, 0.15) is 17.2 Å². The first-order chi connectivity index (χ1) is 28.3. The van der Waals surface area contributed by atoms with Gasteiger partial charge in [0, 0.05) is 48.0 Å². The zero-order valence-electron chi connectivity index (χ0n) is 35.2. The Morgan fingerprint density at radius 2 is 1.49 bits per heavy atom. The molecule has 1 saturated carbocycles. The Labute approximate surface area is 358 Å². The first-order valence-corrected chi connectivity index (χ1v) is 22.3. The summed E-state index contributed by atoms with van der Waals surface area (Å²) in [6, 6.07) is 0. The Hall–Kier alpha value is -3.82. The number of aliphatic hydroxyl groups excluding tert-OH is 2. The van der Waals surface area contributed by atoms with Gasteiger partial charge in [0.05, 0.1) is 23.3 Å². The van der Waals surface area contributed by atoms with Gasteiger partial charge in [-0.3, -0.25) is 0 Å². The lowest BCUT2D eigenvalue weighted by atomic mass is 9.77. The van der Waals surface area contributed by atoms with Gasteiger partial charge < -0.3 is 35.9 Å². The van der Waals surface area contributed by atoms with Crippen molar-refractivity contribution in [3.05, 3.63) is 111 Å². The lowest BCUT2D eigenvalue weighted by molar-refractivity contribution is -0.0641. The van der Waals surface area contributed by atoms with Crippen molar-refractivity contribution in [2.24, 2.45) is 34.1 Å². The number of methoxy groups -OCH3 is 1. The highest BCUT2D eigenvalue weighted by Gasteiger charge is 2.40. The van der Waals surface area contributed by atoms with Gasteiger partial charge in [-0.05, 0) is 63.1 Å². The van der Waals surface area contributed by atoms with Crippen molar-refractivity contribution in [1.29, 1.82) is 0 Å². The number of aromatic nitrogens is 2. The number of allylic oxidation sites excluding steroid dienone is 8. The molecule has 1 aliphatic heterocycles. The predicted molar refractivity (Wildman–Crippen MR) is 238 cm³/mol. The Morgan fingerprint density at radius 1 is 0.831 bits per heavy atom. The molecule has 6 N–H and O–H groups in total. The molecule has 322 valence electrons. The van der Waals surface area contributed by atoms with Gasteiger partial charge in [-0.25, -0.2) is 19.6 Å². The minimum absolute atomic E-state index is 0.213. The van der Waals surface area contributed by atoms with Crippen molar-refractivity contribution < 1.29 is 34.0 Å². The van der Waals surface area contributed by atoms with Crippen LogP contribution in [0.3, 0.4) is 0 Å². The van der Waals surface area contributed by atoms with Crippen LogP contribution < -0.4 is 11.5 Å². The minimum Gasteiger partial charge on any atom is -0.457 e. The lowest BCUT2D eigenvalue weighted by Crippen LogP contribution is -2.43. The summed E-state index contributed by atoms with van der Waals surface area (Å²) in [6.45, 7) is 8.67. The van der Waals surface area contributed by atoms with E-state index in [2.05, 4.69) is 28.2 Å². The van der Waals surface area contributed by atoms with Gasteiger partial charge in [-0.2, -0.15) is 0 Å². The number of cyclic esters (lactones) is 2. The maximum Gasteiger partial charge on any atom is 0.358 e. The topological polar surface area (TPSA) is 180 Å². The molecule has 1 aliphatic carbocycles. The molecule has 2 aromatic rings. The second-order valence-corrected chi connectivity index (χ2v) is 18.1. The number of nitrogens with zero attached hydrogens (tertiary/aromatic N) is 2. The summed E-state index contributed by atoms with van der Waals surface area (Å²) in [5, 5.41) is 27.2. The van der Waals surface area contributed by atoms with Gasteiger partial charge in [0.25, 0.3) is 0 Å². The number of carbonyl (C=O) groups excluding carboxylic acids is 2. The Balaban J connectivity index is 1.57. The van der Waals surface area contributed by atoms with E-state index in [0.717, 1.165) is 24.3 Å². The summed E-state index contributed by atoms with van der Waals surface area (Å²) >= 11 is 2.73. The maximum atomic E-state index is 13.5. The summed E-state index contributed by atoms with van der Waals surface area (Å²) < 4.78 is 17.9. The number of unbranched alkanes of at least 4 members (excludes halogenated alkanes) is 1. The third-order valence-electron chi connectivity index (χ3n) is 11.0. The van der Waals surface area contributed by atoms with E-state index in [4.69, 9.17) is 25.7 Å².